The molecule has 0 N–H and O–H groups in total. The summed E-state index contributed by atoms with van der Waals surface area (Å²) in [5.41, 5.74) is 1.37. The van der Waals surface area contributed by atoms with E-state index in [1.165, 1.54) is 0 Å². The van der Waals surface area contributed by atoms with Crippen molar-refractivity contribution in [3.8, 4) is 6.07 Å². The maximum Gasteiger partial charge on any atom is 0.224 e. The molecule has 0 atom stereocenters. The van der Waals surface area contributed by atoms with Crippen LogP contribution in [-0.4, -0.2) is 17.0 Å². The average molecular weight is 245 g/mol. The van der Waals surface area contributed by atoms with Crippen LogP contribution in [-0.2, 0) is 0 Å². The van der Waals surface area contributed by atoms with Gasteiger partial charge in [-0.05, 0) is 29.8 Å². The second kappa shape index (κ2) is 4.81. The van der Waals surface area contributed by atoms with Gasteiger partial charge in [-0.3, -0.25) is 0 Å². The lowest BCUT2D eigenvalue weighted by Gasteiger charge is -2.19. The van der Waals surface area contributed by atoms with Gasteiger partial charge in [0.25, 0.3) is 0 Å². The number of rotatable bonds is 2. The summed E-state index contributed by atoms with van der Waals surface area (Å²) in [4.78, 5) is 9.71. The van der Waals surface area contributed by atoms with Gasteiger partial charge in [0.15, 0.2) is 0 Å². The number of para-hydroxylation sites is 1. The van der Waals surface area contributed by atoms with Gasteiger partial charge in [0, 0.05) is 13.2 Å². The van der Waals surface area contributed by atoms with Crippen LogP contribution < -0.4 is 4.90 Å². The van der Waals surface area contributed by atoms with E-state index < -0.39 is 0 Å². The standard InChI is InChI=1S/C12H9ClN4/c1-17(11-6-7-15-12(13)16-11)10-5-3-2-4-9(10)8-14/h2-7H,1H3. The molecule has 0 saturated carbocycles. The summed E-state index contributed by atoms with van der Waals surface area (Å²) < 4.78 is 0. The zero-order chi connectivity index (χ0) is 12.3. The molecular formula is C12H9ClN4. The van der Waals surface area contributed by atoms with Gasteiger partial charge in [0.1, 0.15) is 11.9 Å². The van der Waals surface area contributed by atoms with E-state index in [-0.39, 0.29) is 5.28 Å². The van der Waals surface area contributed by atoms with Gasteiger partial charge in [-0.1, -0.05) is 12.1 Å². The fraction of sp³-hybridized carbons (Fsp3) is 0.0833. The minimum Gasteiger partial charge on any atom is -0.328 e. The van der Waals surface area contributed by atoms with Crippen molar-refractivity contribution in [2.24, 2.45) is 0 Å². The summed E-state index contributed by atoms with van der Waals surface area (Å²) in [5.74, 6) is 0.646. The summed E-state index contributed by atoms with van der Waals surface area (Å²) in [5, 5.41) is 9.22. The van der Waals surface area contributed by atoms with Crippen molar-refractivity contribution >= 4 is 23.1 Å². The molecule has 0 saturated heterocycles. The number of hydrogen-bond donors (Lipinski definition) is 0. The van der Waals surface area contributed by atoms with Crippen molar-refractivity contribution in [1.29, 1.82) is 5.26 Å². The van der Waals surface area contributed by atoms with Crippen LogP contribution in [0.2, 0.25) is 5.28 Å². The Hall–Kier alpha value is -2.12. The molecule has 0 unspecified atom stereocenters. The van der Waals surface area contributed by atoms with Gasteiger partial charge >= 0.3 is 0 Å². The van der Waals surface area contributed by atoms with Crippen molar-refractivity contribution in [3.63, 3.8) is 0 Å². The second-order valence-corrected chi connectivity index (χ2v) is 3.71. The van der Waals surface area contributed by atoms with Crippen molar-refractivity contribution in [3.05, 3.63) is 47.4 Å². The third-order valence-electron chi connectivity index (χ3n) is 2.34. The van der Waals surface area contributed by atoms with Crippen LogP contribution in [0.1, 0.15) is 5.56 Å². The minimum atomic E-state index is 0.184. The lowest BCUT2D eigenvalue weighted by molar-refractivity contribution is 1.08. The van der Waals surface area contributed by atoms with Crippen LogP contribution in [0, 0.1) is 11.3 Å². The molecule has 0 amide bonds. The third kappa shape index (κ3) is 2.35. The Morgan fingerprint density at radius 1 is 1.29 bits per heavy atom. The zero-order valence-corrected chi connectivity index (χ0v) is 9.89. The number of hydrogen-bond acceptors (Lipinski definition) is 4. The molecule has 5 heteroatoms. The molecule has 0 aliphatic heterocycles. The number of nitrogens with zero attached hydrogens (tertiary/aromatic N) is 4. The molecule has 2 aromatic rings. The average Bonchev–Trinajstić information content (AvgIpc) is 2.38. The van der Waals surface area contributed by atoms with Crippen LogP contribution in [0.5, 0.6) is 0 Å². The normalized spacial score (nSPS) is 9.71. The summed E-state index contributed by atoms with van der Waals surface area (Å²) in [6.07, 6.45) is 1.58. The predicted octanol–water partition coefficient (Wildman–Crippen LogP) is 2.77. The molecule has 1 aromatic carbocycles. The fourth-order valence-corrected chi connectivity index (χ4v) is 1.64. The Morgan fingerprint density at radius 2 is 2.06 bits per heavy atom. The number of aromatic nitrogens is 2. The Labute approximate surface area is 104 Å². The summed E-state index contributed by atoms with van der Waals surface area (Å²) in [6, 6.07) is 11.2. The molecule has 0 spiro atoms. The summed E-state index contributed by atoms with van der Waals surface area (Å²) >= 11 is 5.74. The van der Waals surface area contributed by atoms with E-state index >= 15 is 0 Å². The first-order valence-electron chi connectivity index (χ1n) is 4.94. The van der Waals surface area contributed by atoms with E-state index in [2.05, 4.69) is 16.0 Å². The molecule has 1 aromatic heterocycles. The topological polar surface area (TPSA) is 52.8 Å². The van der Waals surface area contributed by atoms with E-state index in [0.717, 1.165) is 5.69 Å². The van der Waals surface area contributed by atoms with E-state index in [1.807, 2.05) is 25.2 Å². The summed E-state index contributed by atoms with van der Waals surface area (Å²) in [7, 11) is 1.83. The first-order chi connectivity index (χ1) is 8.22. The van der Waals surface area contributed by atoms with Crippen molar-refractivity contribution in [1.82, 2.24) is 9.97 Å². The van der Waals surface area contributed by atoms with E-state index in [9.17, 15) is 0 Å². The summed E-state index contributed by atoms with van der Waals surface area (Å²) in [6.45, 7) is 0. The molecule has 0 fully saturated rings. The highest BCUT2D eigenvalue weighted by Crippen LogP contribution is 2.25. The SMILES string of the molecule is CN(c1ccnc(Cl)n1)c1ccccc1C#N. The Kier molecular flexibility index (Phi) is 3.22. The molecule has 0 bridgehead atoms. The smallest absolute Gasteiger partial charge is 0.224 e. The minimum absolute atomic E-state index is 0.184. The van der Waals surface area contributed by atoms with E-state index in [0.29, 0.717) is 11.4 Å². The van der Waals surface area contributed by atoms with Crippen LogP contribution in [0.4, 0.5) is 11.5 Å². The maximum absolute atomic E-state index is 9.03. The first kappa shape index (κ1) is 11.4. The number of nitriles is 1. The van der Waals surface area contributed by atoms with Crippen LogP contribution in [0.3, 0.4) is 0 Å². The Balaban J connectivity index is 2.44. The van der Waals surface area contributed by atoms with Gasteiger partial charge in [0.05, 0.1) is 11.3 Å². The van der Waals surface area contributed by atoms with Gasteiger partial charge < -0.3 is 4.90 Å². The van der Waals surface area contributed by atoms with Gasteiger partial charge in [-0.15, -0.1) is 0 Å². The molecular weight excluding hydrogens is 236 g/mol. The van der Waals surface area contributed by atoms with Gasteiger partial charge in [0.2, 0.25) is 5.28 Å². The van der Waals surface area contributed by atoms with Crippen LogP contribution >= 0.6 is 11.6 Å². The monoisotopic (exact) mass is 244 g/mol. The molecule has 0 aliphatic rings. The highest BCUT2D eigenvalue weighted by Gasteiger charge is 2.09. The predicted molar refractivity (Wildman–Crippen MR) is 66.3 cm³/mol. The Morgan fingerprint density at radius 3 is 2.76 bits per heavy atom. The first-order valence-corrected chi connectivity index (χ1v) is 5.31. The fourth-order valence-electron chi connectivity index (χ4n) is 1.50. The van der Waals surface area contributed by atoms with Crippen LogP contribution in [0.15, 0.2) is 36.5 Å². The highest BCUT2D eigenvalue weighted by molar-refractivity contribution is 6.28. The quantitative estimate of drug-likeness (QED) is 0.763. The maximum atomic E-state index is 9.03. The molecule has 1 heterocycles. The van der Waals surface area contributed by atoms with E-state index in [4.69, 9.17) is 16.9 Å². The lowest BCUT2D eigenvalue weighted by Crippen LogP contribution is -2.12. The third-order valence-corrected chi connectivity index (χ3v) is 2.52. The molecule has 0 aliphatic carbocycles. The van der Waals surface area contributed by atoms with Crippen LogP contribution in [0.25, 0.3) is 0 Å². The largest absolute Gasteiger partial charge is 0.328 e. The number of anilines is 2. The zero-order valence-electron chi connectivity index (χ0n) is 9.13. The Bertz CT molecular complexity index is 577. The second-order valence-electron chi connectivity index (χ2n) is 3.37. The number of benzene rings is 1. The van der Waals surface area contributed by atoms with Gasteiger partial charge in [-0.2, -0.15) is 5.26 Å². The molecule has 17 heavy (non-hydrogen) atoms. The molecule has 4 nitrogen and oxygen atoms in total. The molecule has 0 radical (unpaired) electrons. The van der Waals surface area contributed by atoms with Gasteiger partial charge in [-0.25, -0.2) is 9.97 Å². The highest BCUT2D eigenvalue weighted by atomic mass is 35.5. The molecule has 84 valence electrons. The van der Waals surface area contributed by atoms with Crippen molar-refractivity contribution in [2.75, 3.05) is 11.9 Å². The van der Waals surface area contributed by atoms with Crippen molar-refractivity contribution in [2.45, 2.75) is 0 Å². The number of halogens is 1. The van der Waals surface area contributed by atoms with Crippen molar-refractivity contribution < 1.29 is 0 Å². The molecule has 2 rings (SSSR count). The van der Waals surface area contributed by atoms with E-state index in [1.54, 1.807) is 23.2 Å². The lowest BCUT2D eigenvalue weighted by atomic mass is 10.2.